The van der Waals surface area contributed by atoms with Crippen molar-refractivity contribution in [2.75, 3.05) is 18.5 Å². The number of amides is 2. The van der Waals surface area contributed by atoms with Crippen molar-refractivity contribution >= 4 is 17.7 Å². The van der Waals surface area contributed by atoms with E-state index < -0.39 is 12.0 Å². The first-order valence-corrected chi connectivity index (χ1v) is 8.03. The minimum absolute atomic E-state index is 0.0247. The number of carboxylic acid groups (broad SMARTS) is 1. The number of hydrogen-bond donors (Lipinski definition) is 3. The highest BCUT2D eigenvalue weighted by Gasteiger charge is 2.03. The molecule has 0 radical (unpaired) electrons. The number of nitrogens with one attached hydrogen (secondary N) is 2. The van der Waals surface area contributed by atoms with Crippen LogP contribution in [0.2, 0.25) is 0 Å². The summed E-state index contributed by atoms with van der Waals surface area (Å²) in [6, 6.07) is 13.0. The van der Waals surface area contributed by atoms with Crippen LogP contribution in [0, 0.1) is 0 Å². The molecule has 0 aliphatic heterocycles. The Morgan fingerprint density at radius 1 is 1.12 bits per heavy atom. The van der Waals surface area contributed by atoms with Gasteiger partial charge in [0.15, 0.2) is 0 Å². The molecule has 0 atom stereocenters. The van der Waals surface area contributed by atoms with Crippen molar-refractivity contribution in [1.29, 1.82) is 0 Å². The molecule has 2 amide bonds. The molecule has 1 aromatic carbocycles. The molecule has 25 heavy (non-hydrogen) atoms. The Balaban J connectivity index is 1.68. The summed E-state index contributed by atoms with van der Waals surface area (Å²) in [7, 11) is 0. The van der Waals surface area contributed by atoms with Crippen LogP contribution in [0.1, 0.15) is 18.4 Å². The molecule has 1 aromatic heterocycles. The number of aromatic nitrogens is 1. The molecule has 0 unspecified atom stereocenters. The van der Waals surface area contributed by atoms with Crippen LogP contribution < -0.4 is 15.4 Å². The number of rotatable bonds is 9. The fourth-order valence-electron chi connectivity index (χ4n) is 2.07. The predicted octanol–water partition coefficient (Wildman–Crippen LogP) is 2.69. The van der Waals surface area contributed by atoms with Gasteiger partial charge in [0.05, 0.1) is 18.5 Å². The van der Waals surface area contributed by atoms with Crippen molar-refractivity contribution < 1.29 is 19.4 Å². The van der Waals surface area contributed by atoms with Crippen LogP contribution in [-0.2, 0) is 11.2 Å². The van der Waals surface area contributed by atoms with Crippen molar-refractivity contribution in [3.8, 4) is 5.88 Å². The van der Waals surface area contributed by atoms with Crippen LogP contribution >= 0.6 is 0 Å². The zero-order valence-electron chi connectivity index (χ0n) is 13.8. The lowest BCUT2D eigenvalue weighted by molar-refractivity contribution is -0.137. The highest BCUT2D eigenvalue weighted by Crippen LogP contribution is 2.12. The zero-order chi connectivity index (χ0) is 17.9. The molecule has 0 aliphatic rings. The number of nitrogens with zero attached hydrogens (tertiary/aromatic N) is 1. The van der Waals surface area contributed by atoms with E-state index in [2.05, 4.69) is 15.6 Å². The molecule has 0 saturated carbocycles. The average molecular weight is 343 g/mol. The average Bonchev–Trinajstić information content (AvgIpc) is 2.61. The maximum Gasteiger partial charge on any atom is 0.319 e. The molecule has 2 aromatic rings. The smallest absolute Gasteiger partial charge is 0.319 e. The third kappa shape index (κ3) is 7.34. The van der Waals surface area contributed by atoms with Gasteiger partial charge in [0.1, 0.15) is 0 Å². The molecule has 7 heteroatoms. The van der Waals surface area contributed by atoms with Gasteiger partial charge in [0.2, 0.25) is 5.88 Å². The Hall–Kier alpha value is -3.09. The van der Waals surface area contributed by atoms with Crippen molar-refractivity contribution in [3.05, 3.63) is 54.2 Å². The first kappa shape index (κ1) is 18.3. The normalized spacial score (nSPS) is 10.1. The summed E-state index contributed by atoms with van der Waals surface area (Å²) < 4.78 is 5.58. The SMILES string of the molecule is O=C(O)CCCNC(=O)Nc1ccc(OCCc2ccccc2)nc1. The molecule has 0 aliphatic carbocycles. The minimum atomic E-state index is -0.880. The number of aliphatic carboxylic acids is 1. The Kier molecular flexibility index (Phi) is 7.24. The highest BCUT2D eigenvalue weighted by molar-refractivity contribution is 5.89. The topological polar surface area (TPSA) is 101 Å². The van der Waals surface area contributed by atoms with Gasteiger partial charge in [-0.3, -0.25) is 4.79 Å². The second-order valence-electron chi connectivity index (χ2n) is 5.35. The molecular formula is C18H21N3O4. The number of pyridine rings is 1. The van der Waals surface area contributed by atoms with Crippen molar-refractivity contribution in [2.45, 2.75) is 19.3 Å². The van der Waals surface area contributed by atoms with E-state index in [0.29, 0.717) is 31.1 Å². The lowest BCUT2D eigenvalue weighted by Gasteiger charge is -2.08. The Bertz CT molecular complexity index is 674. The summed E-state index contributed by atoms with van der Waals surface area (Å²) >= 11 is 0. The van der Waals surface area contributed by atoms with Crippen molar-refractivity contribution in [1.82, 2.24) is 10.3 Å². The van der Waals surface area contributed by atoms with Gasteiger partial charge in [0.25, 0.3) is 0 Å². The molecule has 0 spiro atoms. The molecule has 1 heterocycles. The summed E-state index contributed by atoms with van der Waals surface area (Å²) in [5.74, 6) is -0.391. The minimum Gasteiger partial charge on any atom is -0.481 e. The number of hydrogen-bond acceptors (Lipinski definition) is 4. The van der Waals surface area contributed by atoms with Gasteiger partial charge in [-0.1, -0.05) is 30.3 Å². The lowest BCUT2D eigenvalue weighted by Crippen LogP contribution is -2.29. The van der Waals surface area contributed by atoms with Gasteiger partial charge in [-0.25, -0.2) is 9.78 Å². The van der Waals surface area contributed by atoms with Crippen LogP contribution in [0.25, 0.3) is 0 Å². The number of urea groups is 1. The second-order valence-corrected chi connectivity index (χ2v) is 5.35. The quantitative estimate of drug-likeness (QED) is 0.608. The summed E-state index contributed by atoms with van der Waals surface area (Å²) in [6.07, 6.45) is 2.71. The number of benzene rings is 1. The summed E-state index contributed by atoms with van der Waals surface area (Å²) in [5, 5.41) is 13.7. The van der Waals surface area contributed by atoms with E-state index in [1.807, 2.05) is 30.3 Å². The van der Waals surface area contributed by atoms with E-state index in [4.69, 9.17) is 9.84 Å². The maximum atomic E-state index is 11.6. The van der Waals surface area contributed by atoms with Gasteiger partial charge in [-0.15, -0.1) is 0 Å². The Labute approximate surface area is 146 Å². The monoisotopic (exact) mass is 343 g/mol. The molecular weight excluding hydrogens is 322 g/mol. The number of carboxylic acids is 1. The Morgan fingerprint density at radius 2 is 1.92 bits per heavy atom. The van der Waals surface area contributed by atoms with E-state index in [-0.39, 0.29) is 6.42 Å². The van der Waals surface area contributed by atoms with Crippen molar-refractivity contribution in [2.24, 2.45) is 0 Å². The molecule has 2 rings (SSSR count). The third-order valence-corrected chi connectivity index (χ3v) is 3.33. The maximum absolute atomic E-state index is 11.6. The first-order valence-electron chi connectivity index (χ1n) is 8.03. The molecule has 0 saturated heterocycles. The van der Waals surface area contributed by atoms with Crippen LogP contribution in [0.15, 0.2) is 48.7 Å². The predicted molar refractivity (Wildman–Crippen MR) is 93.8 cm³/mol. The van der Waals surface area contributed by atoms with E-state index >= 15 is 0 Å². The van der Waals surface area contributed by atoms with Gasteiger partial charge in [-0.2, -0.15) is 0 Å². The Morgan fingerprint density at radius 3 is 2.60 bits per heavy atom. The molecule has 132 valence electrons. The van der Waals surface area contributed by atoms with E-state index in [9.17, 15) is 9.59 Å². The third-order valence-electron chi connectivity index (χ3n) is 3.33. The largest absolute Gasteiger partial charge is 0.481 e. The standard InChI is InChI=1S/C18H21N3O4/c22-17(23)7-4-11-19-18(24)21-15-8-9-16(20-13-15)25-12-10-14-5-2-1-3-6-14/h1-3,5-6,8-9,13H,4,7,10-12H2,(H,22,23)(H2,19,21,24). The molecule has 0 bridgehead atoms. The van der Waals surface area contributed by atoms with Gasteiger partial charge in [-0.05, 0) is 18.1 Å². The number of carbonyl (C=O) groups is 2. The zero-order valence-corrected chi connectivity index (χ0v) is 13.8. The lowest BCUT2D eigenvalue weighted by atomic mass is 10.2. The summed E-state index contributed by atoms with van der Waals surface area (Å²) in [4.78, 5) is 26.2. The summed E-state index contributed by atoms with van der Waals surface area (Å²) in [6.45, 7) is 0.820. The fraction of sp³-hybridized carbons (Fsp3) is 0.278. The van der Waals surface area contributed by atoms with Gasteiger partial charge >= 0.3 is 12.0 Å². The number of ether oxygens (including phenoxy) is 1. The van der Waals surface area contributed by atoms with Crippen LogP contribution in [0.3, 0.4) is 0 Å². The molecule has 0 fully saturated rings. The van der Waals surface area contributed by atoms with Crippen LogP contribution in [0.4, 0.5) is 10.5 Å². The van der Waals surface area contributed by atoms with E-state index in [1.54, 1.807) is 12.1 Å². The molecule has 3 N–H and O–H groups in total. The number of carbonyl (C=O) groups excluding carboxylic acids is 1. The second kappa shape index (κ2) is 9.92. The summed E-state index contributed by atoms with van der Waals surface area (Å²) in [5.41, 5.74) is 1.73. The van der Waals surface area contributed by atoms with E-state index in [1.165, 1.54) is 11.8 Å². The van der Waals surface area contributed by atoms with E-state index in [0.717, 1.165) is 6.42 Å². The number of anilines is 1. The fourth-order valence-corrected chi connectivity index (χ4v) is 2.07. The van der Waals surface area contributed by atoms with Gasteiger partial charge < -0.3 is 20.5 Å². The van der Waals surface area contributed by atoms with Crippen LogP contribution in [-0.4, -0.2) is 35.2 Å². The van der Waals surface area contributed by atoms with Crippen LogP contribution in [0.5, 0.6) is 5.88 Å². The molecule has 7 nitrogen and oxygen atoms in total. The first-order chi connectivity index (χ1) is 12.1. The highest BCUT2D eigenvalue weighted by atomic mass is 16.5. The van der Waals surface area contributed by atoms with Crippen molar-refractivity contribution in [3.63, 3.8) is 0 Å². The van der Waals surface area contributed by atoms with Gasteiger partial charge in [0, 0.05) is 25.5 Å².